The number of thioether (sulfide) groups is 1. The Kier molecular flexibility index (Phi) is 4.39. The van der Waals surface area contributed by atoms with Crippen LogP contribution in [0.4, 0.5) is 0 Å². The Morgan fingerprint density at radius 1 is 1.11 bits per heavy atom. The number of hydrogen-bond donors (Lipinski definition) is 1. The first-order chi connectivity index (χ1) is 8.67. The molecular weight excluding hydrogens is 240 g/mol. The minimum Gasteiger partial charge on any atom is -0.326 e. The summed E-state index contributed by atoms with van der Waals surface area (Å²) in [5.74, 6) is 0.934. The normalized spacial score (nSPS) is 10.6. The molecule has 1 heterocycles. The SMILES string of the molecule is Cc1cc(C)nc(SCc2cccc(CN)c2)c1. The fourth-order valence-corrected chi connectivity index (χ4v) is 2.85. The first-order valence-corrected chi connectivity index (χ1v) is 7.02. The lowest BCUT2D eigenvalue weighted by Crippen LogP contribution is -1.96. The van der Waals surface area contributed by atoms with Crippen LogP contribution < -0.4 is 5.73 Å². The van der Waals surface area contributed by atoms with E-state index >= 15 is 0 Å². The quantitative estimate of drug-likeness (QED) is 0.854. The van der Waals surface area contributed by atoms with E-state index in [1.807, 2.05) is 6.92 Å². The summed E-state index contributed by atoms with van der Waals surface area (Å²) in [6.07, 6.45) is 0. The van der Waals surface area contributed by atoms with Gasteiger partial charge in [-0.05, 0) is 42.7 Å². The Hall–Kier alpha value is -1.32. The van der Waals surface area contributed by atoms with Crippen LogP contribution in [0.1, 0.15) is 22.4 Å². The van der Waals surface area contributed by atoms with Crippen molar-refractivity contribution in [2.24, 2.45) is 5.73 Å². The second-order valence-electron chi connectivity index (χ2n) is 4.44. The van der Waals surface area contributed by atoms with E-state index in [-0.39, 0.29) is 0 Å². The van der Waals surface area contributed by atoms with Gasteiger partial charge in [-0.1, -0.05) is 24.3 Å². The maximum atomic E-state index is 5.65. The monoisotopic (exact) mass is 258 g/mol. The average molecular weight is 258 g/mol. The zero-order valence-electron chi connectivity index (χ0n) is 10.8. The molecular formula is C15H18N2S. The molecule has 2 aromatic rings. The number of aromatic nitrogens is 1. The summed E-state index contributed by atoms with van der Waals surface area (Å²) in [5, 5.41) is 1.09. The summed E-state index contributed by atoms with van der Waals surface area (Å²) < 4.78 is 0. The van der Waals surface area contributed by atoms with Crippen molar-refractivity contribution in [3.8, 4) is 0 Å². The van der Waals surface area contributed by atoms with Gasteiger partial charge < -0.3 is 5.73 Å². The van der Waals surface area contributed by atoms with Gasteiger partial charge in [0.2, 0.25) is 0 Å². The lowest BCUT2D eigenvalue weighted by atomic mass is 10.1. The van der Waals surface area contributed by atoms with E-state index in [9.17, 15) is 0 Å². The van der Waals surface area contributed by atoms with E-state index in [0.717, 1.165) is 16.5 Å². The number of aryl methyl sites for hydroxylation is 2. The molecule has 0 unspecified atom stereocenters. The Morgan fingerprint density at radius 2 is 1.89 bits per heavy atom. The highest BCUT2D eigenvalue weighted by molar-refractivity contribution is 7.98. The van der Waals surface area contributed by atoms with E-state index in [1.165, 1.54) is 16.7 Å². The van der Waals surface area contributed by atoms with Crippen LogP contribution in [0.2, 0.25) is 0 Å². The number of pyridine rings is 1. The third-order valence-electron chi connectivity index (χ3n) is 2.69. The Bertz CT molecular complexity index is 518. The van der Waals surface area contributed by atoms with Crippen molar-refractivity contribution < 1.29 is 0 Å². The smallest absolute Gasteiger partial charge is 0.0968 e. The van der Waals surface area contributed by atoms with Gasteiger partial charge >= 0.3 is 0 Å². The molecule has 2 nitrogen and oxygen atoms in total. The molecule has 0 amide bonds. The molecule has 1 aromatic carbocycles. The largest absolute Gasteiger partial charge is 0.326 e. The number of benzene rings is 1. The third kappa shape index (κ3) is 3.59. The molecule has 3 heteroatoms. The van der Waals surface area contributed by atoms with Gasteiger partial charge in [0, 0.05) is 18.0 Å². The van der Waals surface area contributed by atoms with E-state index in [1.54, 1.807) is 11.8 Å². The van der Waals surface area contributed by atoms with Crippen LogP contribution >= 0.6 is 11.8 Å². The summed E-state index contributed by atoms with van der Waals surface area (Å²) in [5.41, 5.74) is 10.5. The summed E-state index contributed by atoms with van der Waals surface area (Å²) in [6.45, 7) is 4.74. The van der Waals surface area contributed by atoms with E-state index in [4.69, 9.17) is 5.73 Å². The lowest BCUT2D eigenvalue weighted by Gasteiger charge is -2.05. The van der Waals surface area contributed by atoms with Crippen LogP contribution in [0, 0.1) is 13.8 Å². The Morgan fingerprint density at radius 3 is 2.61 bits per heavy atom. The molecule has 0 spiro atoms. The van der Waals surface area contributed by atoms with Crippen molar-refractivity contribution in [2.75, 3.05) is 0 Å². The van der Waals surface area contributed by atoms with Gasteiger partial charge in [-0.2, -0.15) is 0 Å². The number of nitrogens with zero attached hydrogens (tertiary/aromatic N) is 1. The van der Waals surface area contributed by atoms with Crippen molar-refractivity contribution in [2.45, 2.75) is 31.2 Å². The molecule has 0 saturated carbocycles. The standard InChI is InChI=1S/C15H18N2S/c1-11-6-12(2)17-15(7-11)18-10-14-5-3-4-13(8-14)9-16/h3-8H,9-10,16H2,1-2H3. The van der Waals surface area contributed by atoms with E-state index in [2.05, 4.69) is 48.3 Å². The predicted molar refractivity (Wildman–Crippen MR) is 77.6 cm³/mol. The molecule has 18 heavy (non-hydrogen) atoms. The zero-order valence-corrected chi connectivity index (χ0v) is 11.6. The highest BCUT2D eigenvalue weighted by Gasteiger charge is 2.00. The molecule has 1 aromatic heterocycles. The fraction of sp³-hybridized carbons (Fsp3) is 0.267. The predicted octanol–water partition coefficient (Wildman–Crippen LogP) is 3.45. The lowest BCUT2D eigenvalue weighted by molar-refractivity contribution is 1.04. The second kappa shape index (κ2) is 6.03. The first kappa shape index (κ1) is 13.1. The summed E-state index contributed by atoms with van der Waals surface area (Å²) in [6, 6.07) is 12.6. The number of rotatable bonds is 4. The van der Waals surface area contributed by atoms with E-state index in [0.29, 0.717) is 6.54 Å². The van der Waals surface area contributed by atoms with Gasteiger partial charge in [0.15, 0.2) is 0 Å². The Balaban J connectivity index is 2.06. The zero-order chi connectivity index (χ0) is 13.0. The molecule has 0 fully saturated rings. The first-order valence-electron chi connectivity index (χ1n) is 6.03. The van der Waals surface area contributed by atoms with Gasteiger partial charge in [0.1, 0.15) is 0 Å². The van der Waals surface area contributed by atoms with Crippen molar-refractivity contribution in [3.05, 3.63) is 58.8 Å². The Labute approximate surface area is 113 Å². The second-order valence-corrected chi connectivity index (χ2v) is 5.43. The van der Waals surface area contributed by atoms with Crippen LogP contribution in [0.25, 0.3) is 0 Å². The summed E-state index contributed by atoms with van der Waals surface area (Å²) >= 11 is 1.77. The molecule has 0 aliphatic carbocycles. The molecule has 0 aliphatic heterocycles. The maximum absolute atomic E-state index is 5.65. The highest BCUT2D eigenvalue weighted by Crippen LogP contribution is 2.22. The van der Waals surface area contributed by atoms with Gasteiger partial charge in [-0.15, -0.1) is 11.8 Å². The molecule has 0 radical (unpaired) electrons. The van der Waals surface area contributed by atoms with Gasteiger partial charge in [-0.3, -0.25) is 0 Å². The van der Waals surface area contributed by atoms with Crippen LogP contribution in [0.3, 0.4) is 0 Å². The minimum absolute atomic E-state index is 0.598. The topological polar surface area (TPSA) is 38.9 Å². The average Bonchev–Trinajstić information content (AvgIpc) is 2.35. The van der Waals surface area contributed by atoms with Gasteiger partial charge in [0.05, 0.1) is 5.03 Å². The van der Waals surface area contributed by atoms with Crippen LogP contribution in [0.15, 0.2) is 41.4 Å². The molecule has 0 bridgehead atoms. The van der Waals surface area contributed by atoms with Gasteiger partial charge in [0.25, 0.3) is 0 Å². The van der Waals surface area contributed by atoms with Crippen molar-refractivity contribution >= 4 is 11.8 Å². The summed E-state index contributed by atoms with van der Waals surface area (Å²) in [7, 11) is 0. The minimum atomic E-state index is 0.598. The molecule has 94 valence electrons. The summed E-state index contributed by atoms with van der Waals surface area (Å²) in [4.78, 5) is 4.53. The molecule has 2 rings (SSSR count). The molecule has 0 saturated heterocycles. The van der Waals surface area contributed by atoms with E-state index < -0.39 is 0 Å². The fourth-order valence-electron chi connectivity index (χ4n) is 1.88. The third-order valence-corrected chi connectivity index (χ3v) is 3.67. The van der Waals surface area contributed by atoms with Crippen molar-refractivity contribution in [1.29, 1.82) is 0 Å². The number of nitrogens with two attached hydrogens (primary N) is 1. The van der Waals surface area contributed by atoms with Crippen molar-refractivity contribution in [1.82, 2.24) is 4.98 Å². The molecule has 2 N–H and O–H groups in total. The molecule has 0 aliphatic rings. The van der Waals surface area contributed by atoms with Crippen LogP contribution in [-0.2, 0) is 12.3 Å². The highest BCUT2D eigenvalue weighted by atomic mass is 32.2. The van der Waals surface area contributed by atoms with Crippen molar-refractivity contribution in [3.63, 3.8) is 0 Å². The van der Waals surface area contributed by atoms with Crippen LogP contribution in [-0.4, -0.2) is 4.98 Å². The van der Waals surface area contributed by atoms with Crippen LogP contribution in [0.5, 0.6) is 0 Å². The maximum Gasteiger partial charge on any atom is 0.0968 e. The number of hydrogen-bond acceptors (Lipinski definition) is 3. The molecule has 0 atom stereocenters. The van der Waals surface area contributed by atoms with Gasteiger partial charge in [-0.25, -0.2) is 4.98 Å².